The van der Waals surface area contributed by atoms with Gasteiger partial charge in [0.1, 0.15) is 22.9 Å². The van der Waals surface area contributed by atoms with E-state index in [-0.39, 0.29) is 17.9 Å². The lowest BCUT2D eigenvalue weighted by Crippen LogP contribution is -2.50. The van der Waals surface area contributed by atoms with Crippen molar-refractivity contribution in [2.75, 3.05) is 12.4 Å². The highest BCUT2D eigenvalue weighted by Crippen LogP contribution is 2.40. The Kier molecular flexibility index (Phi) is 7.65. The van der Waals surface area contributed by atoms with Crippen LogP contribution in [-0.2, 0) is 16.1 Å². The summed E-state index contributed by atoms with van der Waals surface area (Å²) in [5.41, 5.74) is 1.69. The molecule has 0 spiro atoms. The number of nitrogens with zero attached hydrogens (tertiary/aromatic N) is 7. The normalized spacial score (nSPS) is 19.4. The molecule has 0 aromatic carbocycles. The molecule has 13 heteroatoms. The van der Waals surface area contributed by atoms with Gasteiger partial charge in [0.25, 0.3) is 5.91 Å². The summed E-state index contributed by atoms with van der Waals surface area (Å²) in [4.78, 5) is 27.9. The zero-order valence-corrected chi connectivity index (χ0v) is 24.6. The van der Waals surface area contributed by atoms with Crippen LogP contribution in [0.4, 0.5) is 16.0 Å². The van der Waals surface area contributed by atoms with Crippen molar-refractivity contribution in [2.45, 2.75) is 70.6 Å². The molecule has 6 rings (SSSR count). The Hall–Kier alpha value is -4.65. The molecule has 1 atom stereocenters. The van der Waals surface area contributed by atoms with E-state index < -0.39 is 11.4 Å². The zero-order chi connectivity index (χ0) is 30.1. The van der Waals surface area contributed by atoms with E-state index in [2.05, 4.69) is 42.4 Å². The maximum atomic E-state index is 13.6. The second-order valence-electron chi connectivity index (χ2n) is 11.1. The third-order valence-corrected chi connectivity index (χ3v) is 8.30. The number of hydrogen-bond acceptors (Lipinski definition) is 8. The monoisotopic (exact) mass is 586 g/mol. The summed E-state index contributed by atoms with van der Waals surface area (Å²) >= 11 is 0. The smallest absolute Gasteiger partial charge is 0.252 e. The van der Waals surface area contributed by atoms with Crippen LogP contribution in [0.15, 0.2) is 49.1 Å². The Bertz CT molecular complexity index is 1730. The minimum Gasteiger partial charge on any atom is -0.368 e. The van der Waals surface area contributed by atoms with Crippen LogP contribution in [-0.4, -0.2) is 58.1 Å². The summed E-state index contributed by atoms with van der Waals surface area (Å²) < 4.78 is 22.7. The predicted molar refractivity (Wildman–Crippen MR) is 159 cm³/mol. The topological polar surface area (TPSA) is 140 Å². The fourth-order valence-electron chi connectivity index (χ4n) is 5.71. The third kappa shape index (κ3) is 5.59. The molecule has 224 valence electrons. The van der Waals surface area contributed by atoms with Gasteiger partial charge in [-0.1, -0.05) is 6.07 Å². The van der Waals surface area contributed by atoms with Gasteiger partial charge in [-0.2, -0.15) is 10.2 Å². The number of halogens is 1. The van der Waals surface area contributed by atoms with Crippen LogP contribution in [0, 0.1) is 12.7 Å². The highest BCUT2D eigenvalue weighted by atomic mass is 19.1. The lowest BCUT2D eigenvalue weighted by Gasteiger charge is -2.38. The number of amides is 1. The van der Waals surface area contributed by atoms with Gasteiger partial charge in [0.05, 0.1) is 23.8 Å². The first-order valence-corrected chi connectivity index (χ1v) is 14.5. The predicted octanol–water partition coefficient (Wildman–Crippen LogP) is 4.87. The maximum absolute atomic E-state index is 13.6. The lowest BCUT2D eigenvalue weighted by molar-refractivity contribution is -0.148. The first kappa shape index (κ1) is 28.5. The molecule has 0 saturated heterocycles. The van der Waals surface area contributed by atoms with Crippen LogP contribution in [0.1, 0.15) is 68.6 Å². The number of carbonyl (C=O) groups is 1. The highest BCUT2D eigenvalue weighted by molar-refractivity contribution is 5.89. The van der Waals surface area contributed by atoms with Crippen molar-refractivity contribution in [1.82, 2.24) is 44.8 Å². The van der Waals surface area contributed by atoms with Gasteiger partial charge in [-0.3, -0.25) is 9.89 Å². The summed E-state index contributed by atoms with van der Waals surface area (Å²) in [6, 6.07) is 7.23. The first-order valence-electron chi connectivity index (χ1n) is 14.5. The number of aromatic nitrogens is 8. The molecule has 5 aromatic heterocycles. The number of aryl methyl sites for hydroxylation is 2. The van der Waals surface area contributed by atoms with Crippen LogP contribution >= 0.6 is 0 Å². The van der Waals surface area contributed by atoms with Gasteiger partial charge in [-0.15, -0.1) is 0 Å². The van der Waals surface area contributed by atoms with Crippen LogP contribution in [0.5, 0.6) is 0 Å². The summed E-state index contributed by atoms with van der Waals surface area (Å²) in [5.74, 6) is 2.12. The van der Waals surface area contributed by atoms with Crippen molar-refractivity contribution in [1.29, 1.82) is 0 Å². The number of fused-ring (bicyclic) bond motifs is 1. The number of hydrogen-bond donors (Lipinski definition) is 3. The van der Waals surface area contributed by atoms with Gasteiger partial charge in [0.2, 0.25) is 0 Å². The van der Waals surface area contributed by atoms with E-state index in [1.807, 2.05) is 38.2 Å². The van der Waals surface area contributed by atoms with Crippen LogP contribution < -0.4 is 10.6 Å². The standard InChI is InChI=1S/C30H35FN10O2/c1-5-40-13-10-23-27(35-24-14-18(2)38-39-24)36-26(37-28(23)40)20-8-11-30(43-4,12-9-20)29(42)34-19(3)21-6-7-25(32-15-21)41-17-22(31)16-33-41/h6-7,10,13-17,19-20H,5,8-9,11-12H2,1-4H3,(H,34,42)(H2,35,36,37,38,39)/t19-,20?,30?/m0/s1. The molecule has 1 aliphatic rings. The first-order chi connectivity index (χ1) is 20.8. The minimum atomic E-state index is -0.952. The Morgan fingerprint density at radius 2 is 2.05 bits per heavy atom. The number of methoxy groups -OCH3 is 1. The molecule has 1 amide bonds. The molecule has 1 fully saturated rings. The Labute approximate surface area is 248 Å². The number of carbonyl (C=O) groups excluding carboxylic acids is 1. The SMILES string of the molecule is CCn1ccc2c(Nc3cc(C)[nH]n3)nc(C3CCC(OC)(C(=O)N[C@@H](C)c4ccc(-n5cc(F)cn5)nc4)CC3)nc21. The molecule has 3 N–H and O–H groups in total. The van der Waals surface area contributed by atoms with Crippen molar-refractivity contribution < 1.29 is 13.9 Å². The fourth-order valence-corrected chi connectivity index (χ4v) is 5.71. The summed E-state index contributed by atoms with van der Waals surface area (Å²) in [7, 11) is 1.59. The van der Waals surface area contributed by atoms with Crippen molar-refractivity contribution in [3.8, 4) is 5.82 Å². The number of pyridine rings is 1. The quantitative estimate of drug-likeness (QED) is 0.222. The summed E-state index contributed by atoms with van der Waals surface area (Å²) in [6.45, 7) is 6.73. The van der Waals surface area contributed by atoms with Gasteiger partial charge in [-0.05, 0) is 64.2 Å². The molecule has 5 heterocycles. The van der Waals surface area contributed by atoms with Crippen LogP contribution in [0.2, 0.25) is 0 Å². The molecule has 43 heavy (non-hydrogen) atoms. The van der Waals surface area contributed by atoms with Crippen LogP contribution in [0.25, 0.3) is 16.9 Å². The molecule has 1 saturated carbocycles. The minimum absolute atomic E-state index is 0.0726. The average Bonchev–Trinajstić information content (AvgIpc) is 3.76. The number of anilines is 2. The van der Waals surface area contributed by atoms with Gasteiger partial charge in [0.15, 0.2) is 17.5 Å². The van der Waals surface area contributed by atoms with E-state index in [1.165, 1.54) is 10.9 Å². The fraction of sp³-hybridized carbons (Fsp3) is 0.400. The van der Waals surface area contributed by atoms with Gasteiger partial charge in [0, 0.05) is 43.7 Å². The average molecular weight is 587 g/mol. The van der Waals surface area contributed by atoms with E-state index in [9.17, 15) is 9.18 Å². The van der Waals surface area contributed by atoms with E-state index in [0.717, 1.165) is 40.9 Å². The molecular formula is C30H35FN10O2. The molecule has 12 nitrogen and oxygen atoms in total. The Morgan fingerprint density at radius 1 is 1.23 bits per heavy atom. The number of rotatable bonds is 9. The van der Waals surface area contributed by atoms with Crippen molar-refractivity contribution in [2.24, 2.45) is 0 Å². The molecule has 0 radical (unpaired) electrons. The molecule has 5 aromatic rings. The zero-order valence-electron chi connectivity index (χ0n) is 24.6. The second-order valence-corrected chi connectivity index (χ2v) is 11.1. The molecule has 1 aliphatic carbocycles. The van der Waals surface area contributed by atoms with E-state index in [1.54, 1.807) is 19.4 Å². The Morgan fingerprint density at radius 3 is 2.67 bits per heavy atom. The van der Waals surface area contributed by atoms with E-state index in [4.69, 9.17) is 14.7 Å². The number of H-pyrrole nitrogens is 1. The van der Waals surface area contributed by atoms with Crippen LogP contribution in [0.3, 0.4) is 0 Å². The van der Waals surface area contributed by atoms with Gasteiger partial charge < -0.3 is 19.9 Å². The van der Waals surface area contributed by atoms with Gasteiger partial charge >= 0.3 is 0 Å². The highest BCUT2D eigenvalue weighted by Gasteiger charge is 2.43. The van der Waals surface area contributed by atoms with Crippen molar-refractivity contribution in [3.63, 3.8) is 0 Å². The largest absolute Gasteiger partial charge is 0.368 e. The van der Waals surface area contributed by atoms with Gasteiger partial charge in [-0.25, -0.2) is 24.0 Å². The third-order valence-electron chi connectivity index (χ3n) is 8.30. The van der Waals surface area contributed by atoms with E-state index in [0.29, 0.717) is 43.1 Å². The summed E-state index contributed by atoms with van der Waals surface area (Å²) in [6.07, 6.45) is 8.53. The van der Waals surface area contributed by atoms with Crippen molar-refractivity contribution in [3.05, 3.63) is 72.0 Å². The molecular weight excluding hydrogens is 551 g/mol. The summed E-state index contributed by atoms with van der Waals surface area (Å²) in [5, 5.41) is 18.6. The van der Waals surface area contributed by atoms with Crippen molar-refractivity contribution >= 4 is 28.6 Å². The molecule has 0 bridgehead atoms. The van der Waals surface area contributed by atoms with E-state index >= 15 is 0 Å². The maximum Gasteiger partial charge on any atom is 0.252 e. The lowest BCUT2D eigenvalue weighted by atomic mass is 9.77. The second kappa shape index (κ2) is 11.6. The number of ether oxygens (including phenoxy) is 1. The number of aromatic amines is 1. The Balaban J connectivity index is 1.16. The number of nitrogens with one attached hydrogen (secondary N) is 3. The molecule has 0 unspecified atom stereocenters. The molecule has 0 aliphatic heterocycles.